The third kappa shape index (κ3) is 3.64. The summed E-state index contributed by atoms with van der Waals surface area (Å²) in [5.74, 6) is 2.01. The SMILES string of the molecule is C#CC(NCc1cccc(F)c1)c1ccc(F)cc1. The van der Waals surface area contributed by atoms with Crippen molar-refractivity contribution in [3.8, 4) is 12.3 Å². The fourth-order valence-corrected chi connectivity index (χ4v) is 1.80. The van der Waals surface area contributed by atoms with Crippen LogP contribution < -0.4 is 5.32 Å². The highest BCUT2D eigenvalue weighted by Gasteiger charge is 2.07. The van der Waals surface area contributed by atoms with Gasteiger partial charge in [0.1, 0.15) is 11.6 Å². The molecule has 2 aromatic rings. The van der Waals surface area contributed by atoms with Gasteiger partial charge in [-0.1, -0.05) is 30.2 Å². The molecule has 1 N–H and O–H groups in total. The Hall–Kier alpha value is -2.18. The second kappa shape index (κ2) is 6.12. The Morgan fingerprint density at radius 3 is 2.42 bits per heavy atom. The number of terminal acetylenes is 1. The number of benzene rings is 2. The Morgan fingerprint density at radius 2 is 1.79 bits per heavy atom. The Balaban J connectivity index is 2.04. The molecule has 3 heteroatoms. The molecule has 2 aromatic carbocycles. The van der Waals surface area contributed by atoms with E-state index in [9.17, 15) is 8.78 Å². The third-order valence-corrected chi connectivity index (χ3v) is 2.77. The van der Waals surface area contributed by atoms with Crippen molar-refractivity contribution >= 4 is 0 Å². The van der Waals surface area contributed by atoms with E-state index in [1.54, 1.807) is 18.2 Å². The van der Waals surface area contributed by atoms with Crippen LogP contribution in [0.1, 0.15) is 17.2 Å². The van der Waals surface area contributed by atoms with Gasteiger partial charge in [-0.15, -0.1) is 6.42 Å². The molecule has 2 rings (SSSR count). The van der Waals surface area contributed by atoms with Crippen LogP contribution in [0, 0.1) is 24.0 Å². The number of nitrogens with one attached hydrogen (secondary N) is 1. The lowest BCUT2D eigenvalue weighted by Gasteiger charge is -2.13. The van der Waals surface area contributed by atoms with E-state index < -0.39 is 0 Å². The molecule has 1 atom stereocenters. The van der Waals surface area contributed by atoms with Gasteiger partial charge in [0.05, 0.1) is 6.04 Å². The summed E-state index contributed by atoms with van der Waals surface area (Å²) < 4.78 is 25.9. The molecule has 0 bridgehead atoms. The zero-order chi connectivity index (χ0) is 13.7. The molecule has 0 saturated carbocycles. The Morgan fingerprint density at radius 1 is 1.05 bits per heavy atom. The molecule has 0 saturated heterocycles. The van der Waals surface area contributed by atoms with Crippen LogP contribution in [-0.2, 0) is 6.54 Å². The van der Waals surface area contributed by atoms with Crippen LogP contribution >= 0.6 is 0 Å². The molecule has 0 heterocycles. The summed E-state index contributed by atoms with van der Waals surface area (Å²) in [6.45, 7) is 0.448. The maximum absolute atomic E-state index is 13.0. The number of hydrogen-bond acceptors (Lipinski definition) is 1. The summed E-state index contributed by atoms with van der Waals surface area (Å²) in [5.41, 5.74) is 1.61. The minimum Gasteiger partial charge on any atom is -0.296 e. The van der Waals surface area contributed by atoms with Gasteiger partial charge in [0.15, 0.2) is 0 Å². The smallest absolute Gasteiger partial charge is 0.123 e. The van der Waals surface area contributed by atoms with Crippen molar-refractivity contribution < 1.29 is 8.78 Å². The van der Waals surface area contributed by atoms with Gasteiger partial charge >= 0.3 is 0 Å². The lowest BCUT2D eigenvalue weighted by molar-refractivity contribution is 0.606. The molecule has 1 nitrogen and oxygen atoms in total. The van der Waals surface area contributed by atoms with Gasteiger partial charge in [0.2, 0.25) is 0 Å². The first-order valence-electron chi connectivity index (χ1n) is 5.88. The first kappa shape index (κ1) is 13.3. The summed E-state index contributed by atoms with van der Waals surface area (Å²) in [4.78, 5) is 0. The minimum absolute atomic E-state index is 0.279. The Bertz CT molecular complexity index is 584. The van der Waals surface area contributed by atoms with Crippen LogP contribution in [0.25, 0.3) is 0 Å². The highest BCUT2D eigenvalue weighted by Crippen LogP contribution is 2.14. The fourth-order valence-electron chi connectivity index (χ4n) is 1.80. The molecule has 1 unspecified atom stereocenters. The third-order valence-electron chi connectivity index (χ3n) is 2.77. The van der Waals surface area contributed by atoms with Crippen LogP contribution in [0.15, 0.2) is 48.5 Å². The fraction of sp³-hybridized carbons (Fsp3) is 0.125. The normalized spacial score (nSPS) is 11.8. The topological polar surface area (TPSA) is 12.0 Å². The first-order chi connectivity index (χ1) is 9.19. The molecule has 0 aliphatic rings. The predicted molar refractivity (Wildman–Crippen MR) is 71.2 cm³/mol. The number of rotatable bonds is 4. The van der Waals surface area contributed by atoms with Crippen molar-refractivity contribution in [2.75, 3.05) is 0 Å². The molecule has 0 radical (unpaired) electrons. The van der Waals surface area contributed by atoms with E-state index in [4.69, 9.17) is 6.42 Å². The number of hydrogen-bond donors (Lipinski definition) is 1. The van der Waals surface area contributed by atoms with Crippen molar-refractivity contribution in [2.45, 2.75) is 12.6 Å². The average molecular weight is 257 g/mol. The van der Waals surface area contributed by atoms with E-state index in [1.807, 2.05) is 6.07 Å². The van der Waals surface area contributed by atoms with Crippen LogP contribution in [0.2, 0.25) is 0 Å². The quantitative estimate of drug-likeness (QED) is 0.827. The number of halogens is 2. The summed E-state index contributed by atoms with van der Waals surface area (Å²) in [5, 5.41) is 3.12. The van der Waals surface area contributed by atoms with E-state index in [2.05, 4.69) is 11.2 Å². The maximum atomic E-state index is 13.0. The van der Waals surface area contributed by atoms with Gasteiger partial charge in [-0.2, -0.15) is 0 Å². The van der Waals surface area contributed by atoms with E-state index in [0.717, 1.165) is 11.1 Å². The molecule has 0 aromatic heterocycles. The molecule has 0 spiro atoms. The van der Waals surface area contributed by atoms with Crippen molar-refractivity contribution in [1.82, 2.24) is 5.32 Å². The lowest BCUT2D eigenvalue weighted by atomic mass is 10.1. The van der Waals surface area contributed by atoms with Gasteiger partial charge in [-0.25, -0.2) is 8.78 Å². The van der Waals surface area contributed by atoms with E-state index >= 15 is 0 Å². The lowest BCUT2D eigenvalue weighted by Crippen LogP contribution is -2.19. The zero-order valence-electron chi connectivity index (χ0n) is 10.2. The van der Waals surface area contributed by atoms with E-state index in [-0.39, 0.29) is 17.7 Å². The molecule has 0 amide bonds. The van der Waals surface area contributed by atoms with Crippen LogP contribution in [-0.4, -0.2) is 0 Å². The van der Waals surface area contributed by atoms with Crippen molar-refractivity contribution in [2.24, 2.45) is 0 Å². The standard InChI is InChI=1S/C16H13F2N/c1-2-16(13-6-8-14(17)9-7-13)19-11-12-4-3-5-15(18)10-12/h1,3-10,16,19H,11H2. The summed E-state index contributed by atoms with van der Waals surface area (Å²) in [6, 6.07) is 12.0. The largest absolute Gasteiger partial charge is 0.296 e. The van der Waals surface area contributed by atoms with Crippen molar-refractivity contribution in [3.63, 3.8) is 0 Å². The molecular formula is C16H13F2N. The second-order valence-electron chi connectivity index (χ2n) is 4.16. The summed E-state index contributed by atoms with van der Waals surface area (Å²) >= 11 is 0. The van der Waals surface area contributed by atoms with E-state index in [1.165, 1.54) is 24.3 Å². The molecule has 0 aliphatic heterocycles. The molecule has 19 heavy (non-hydrogen) atoms. The first-order valence-corrected chi connectivity index (χ1v) is 5.88. The summed E-state index contributed by atoms with van der Waals surface area (Å²) in [7, 11) is 0. The van der Waals surface area contributed by atoms with Crippen LogP contribution in [0.4, 0.5) is 8.78 Å². The van der Waals surface area contributed by atoms with Gasteiger partial charge in [-0.05, 0) is 35.4 Å². The highest BCUT2D eigenvalue weighted by molar-refractivity contribution is 5.26. The van der Waals surface area contributed by atoms with Gasteiger partial charge in [-0.3, -0.25) is 5.32 Å². The predicted octanol–water partition coefficient (Wildman–Crippen LogP) is 3.43. The van der Waals surface area contributed by atoms with Crippen LogP contribution in [0.3, 0.4) is 0 Å². The molecule has 0 aliphatic carbocycles. The highest BCUT2D eigenvalue weighted by atomic mass is 19.1. The Labute approximate surface area is 111 Å². The van der Waals surface area contributed by atoms with Gasteiger partial charge in [0, 0.05) is 6.54 Å². The van der Waals surface area contributed by atoms with Crippen molar-refractivity contribution in [1.29, 1.82) is 0 Å². The molecule has 0 fully saturated rings. The average Bonchev–Trinajstić information content (AvgIpc) is 2.41. The monoisotopic (exact) mass is 257 g/mol. The molecular weight excluding hydrogens is 244 g/mol. The van der Waals surface area contributed by atoms with Gasteiger partial charge in [0.25, 0.3) is 0 Å². The zero-order valence-corrected chi connectivity index (χ0v) is 10.2. The van der Waals surface area contributed by atoms with Gasteiger partial charge < -0.3 is 0 Å². The maximum Gasteiger partial charge on any atom is 0.123 e. The minimum atomic E-state index is -0.330. The second-order valence-corrected chi connectivity index (χ2v) is 4.16. The molecule has 96 valence electrons. The van der Waals surface area contributed by atoms with Crippen LogP contribution in [0.5, 0.6) is 0 Å². The summed E-state index contributed by atoms with van der Waals surface area (Å²) in [6.07, 6.45) is 5.46. The van der Waals surface area contributed by atoms with E-state index in [0.29, 0.717) is 6.54 Å². The van der Waals surface area contributed by atoms with Crippen molar-refractivity contribution in [3.05, 3.63) is 71.3 Å². The Kier molecular flexibility index (Phi) is 4.27.